The molecule has 0 aliphatic carbocycles. The molecule has 1 aromatic carbocycles. The van der Waals surface area contributed by atoms with Crippen LogP contribution in [0.15, 0.2) is 24.3 Å². The van der Waals surface area contributed by atoms with Gasteiger partial charge in [0.05, 0.1) is 0 Å². The van der Waals surface area contributed by atoms with Gasteiger partial charge in [0, 0.05) is 12.0 Å². The lowest BCUT2D eigenvalue weighted by atomic mass is 10.1. The molecule has 0 spiro atoms. The third-order valence-electron chi connectivity index (χ3n) is 2.18. The van der Waals surface area contributed by atoms with E-state index in [1.807, 2.05) is 6.92 Å². The fraction of sp³-hybridized carbons (Fsp3) is 0.364. The second-order valence-corrected chi connectivity index (χ2v) is 3.50. The molecule has 0 amide bonds. The number of carbonyl (C=O) groups is 1. The number of benzene rings is 1. The van der Waals surface area contributed by atoms with Gasteiger partial charge >= 0.3 is 7.32 Å². The lowest BCUT2D eigenvalue weighted by Crippen LogP contribution is -2.20. The lowest BCUT2D eigenvalue weighted by molar-refractivity contribution is 0.0980. The third kappa shape index (κ3) is 4.04. The first-order valence-electron chi connectivity index (χ1n) is 5.29. The van der Waals surface area contributed by atoms with E-state index in [2.05, 4.69) is 4.65 Å². The second-order valence-electron chi connectivity index (χ2n) is 3.50. The Labute approximate surface area is 95.0 Å². The number of hydrogen-bond acceptors (Lipinski definition) is 4. The van der Waals surface area contributed by atoms with E-state index in [-0.39, 0.29) is 5.78 Å². The highest BCUT2D eigenvalue weighted by atomic mass is 16.6. The normalized spacial score (nSPS) is 9.94. The predicted molar refractivity (Wildman–Crippen MR) is 61.1 cm³/mol. The van der Waals surface area contributed by atoms with Crippen LogP contribution in [0, 0.1) is 0 Å². The maximum Gasteiger partial charge on any atom is 0.707 e. The SMILES string of the molecule is CCCCC(=O)c1ccc(OB(O)O)cc1. The molecule has 0 saturated carbocycles. The molecule has 0 unspecified atom stereocenters. The molecular weight excluding hydrogens is 207 g/mol. The van der Waals surface area contributed by atoms with Crippen LogP contribution in [0.1, 0.15) is 36.5 Å². The summed E-state index contributed by atoms with van der Waals surface area (Å²) in [4.78, 5) is 11.6. The number of carbonyl (C=O) groups excluding carboxylic acids is 1. The first-order chi connectivity index (χ1) is 7.63. The van der Waals surface area contributed by atoms with Gasteiger partial charge in [-0.15, -0.1) is 0 Å². The van der Waals surface area contributed by atoms with Crippen LogP contribution in [0.25, 0.3) is 0 Å². The van der Waals surface area contributed by atoms with Crippen LogP contribution >= 0.6 is 0 Å². The van der Waals surface area contributed by atoms with Crippen molar-refractivity contribution >= 4 is 13.1 Å². The Morgan fingerprint density at radius 2 is 1.94 bits per heavy atom. The van der Waals surface area contributed by atoms with Crippen LogP contribution in [0.2, 0.25) is 0 Å². The molecule has 0 aliphatic heterocycles. The zero-order valence-corrected chi connectivity index (χ0v) is 9.22. The molecule has 86 valence electrons. The van der Waals surface area contributed by atoms with Crippen molar-refractivity contribution in [3.63, 3.8) is 0 Å². The van der Waals surface area contributed by atoms with Gasteiger partial charge in [0.2, 0.25) is 0 Å². The molecule has 4 nitrogen and oxygen atoms in total. The first-order valence-corrected chi connectivity index (χ1v) is 5.29. The maximum absolute atomic E-state index is 11.6. The quantitative estimate of drug-likeness (QED) is 0.564. The molecule has 2 N–H and O–H groups in total. The summed E-state index contributed by atoms with van der Waals surface area (Å²) in [6.07, 6.45) is 2.41. The smallest absolute Gasteiger partial charge is 0.512 e. The lowest BCUT2D eigenvalue weighted by Gasteiger charge is -2.05. The summed E-state index contributed by atoms with van der Waals surface area (Å²) in [5.74, 6) is 0.417. The van der Waals surface area contributed by atoms with Gasteiger partial charge in [-0.2, -0.15) is 0 Å². The summed E-state index contributed by atoms with van der Waals surface area (Å²) < 4.78 is 4.63. The van der Waals surface area contributed by atoms with Crippen molar-refractivity contribution in [3.05, 3.63) is 29.8 Å². The Morgan fingerprint density at radius 3 is 2.44 bits per heavy atom. The second kappa shape index (κ2) is 6.30. The summed E-state index contributed by atoms with van der Waals surface area (Å²) in [6.45, 7) is 2.03. The molecule has 0 heterocycles. The van der Waals surface area contributed by atoms with Crippen molar-refractivity contribution < 1.29 is 19.5 Å². The van der Waals surface area contributed by atoms with Gasteiger partial charge in [-0.3, -0.25) is 4.79 Å². The standard InChI is InChI=1S/C11H15BO4/c1-2-3-4-11(13)9-5-7-10(8-6-9)16-12(14)15/h5-8,14-15H,2-4H2,1H3. The predicted octanol–water partition coefficient (Wildman–Crippen LogP) is 1.41. The van der Waals surface area contributed by atoms with E-state index in [1.54, 1.807) is 24.3 Å². The number of Topliss-reactive ketones (excluding diaryl/α,β-unsaturated/α-hetero) is 1. The van der Waals surface area contributed by atoms with E-state index in [0.717, 1.165) is 12.8 Å². The van der Waals surface area contributed by atoms with Crippen molar-refractivity contribution in [2.45, 2.75) is 26.2 Å². The summed E-state index contributed by atoms with van der Waals surface area (Å²) in [6, 6.07) is 6.32. The Balaban J connectivity index is 2.60. The van der Waals surface area contributed by atoms with Crippen molar-refractivity contribution in [3.8, 4) is 5.75 Å². The van der Waals surface area contributed by atoms with Gasteiger partial charge in [0.1, 0.15) is 5.75 Å². The molecule has 16 heavy (non-hydrogen) atoms. The van der Waals surface area contributed by atoms with E-state index in [1.165, 1.54) is 0 Å². The number of rotatable bonds is 6. The zero-order chi connectivity index (χ0) is 12.0. The summed E-state index contributed by atoms with van der Waals surface area (Å²) in [5.41, 5.74) is 0.619. The van der Waals surface area contributed by atoms with Crippen LogP contribution in [0.5, 0.6) is 5.75 Å². The highest BCUT2D eigenvalue weighted by Gasteiger charge is 2.11. The molecule has 5 heteroatoms. The minimum atomic E-state index is -1.83. The average molecular weight is 222 g/mol. The topological polar surface area (TPSA) is 66.8 Å². The highest BCUT2D eigenvalue weighted by Crippen LogP contribution is 2.14. The van der Waals surface area contributed by atoms with E-state index in [0.29, 0.717) is 17.7 Å². The van der Waals surface area contributed by atoms with E-state index in [4.69, 9.17) is 10.0 Å². The third-order valence-corrected chi connectivity index (χ3v) is 2.18. The van der Waals surface area contributed by atoms with Crippen molar-refractivity contribution in [2.75, 3.05) is 0 Å². The number of hydrogen-bond donors (Lipinski definition) is 2. The van der Waals surface area contributed by atoms with Gasteiger partial charge in [-0.05, 0) is 30.7 Å². The monoisotopic (exact) mass is 222 g/mol. The van der Waals surface area contributed by atoms with Crippen LogP contribution in [-0.4, -0.2) is 23.2 Å². The van der Waals surface area contributed by atoms with Crippen molar-refractivity contribution in [1.29, 1.82) is 0 Å². The maximum atomic E-state index is 11.6. The molecule has 0 aliphatic rings. The largest absolute Gasteiger partial charge is 0.707 e. The minimum absolute atomic E-state index is 0.0953. The van der Waals surface area contributed by atoms with Gasteiger partial charge in [-0.1, -0.05) is 13.3 Å². The number of ketones is 1. The Bertz CT molecular complexity index is 334. The van der Waals surface area contributed by atoms with Gasteiger partial charge in [0.25, 0.3) is 0 Å². The molecule has 1 aromatic rings. The molecule has 0 atom stereocenters. The van der Waals surface area contributed by atoms with Crippen molar-refractivity contribution in [1.82, 2.24) is 0 Å². The molecular formula is C11H15BO4. The molecule has 0 fully saturated rings. The van der Waals surface area contributed by atoms with Gasteiger partial charge < -0.3 is 14.7 Å². The highest BCUT2D eigenvalue weighted by molar-refractivity contribution is 6.33. The molecule has 0 bridgehead atoms. The van der Waals surface area contributed by atoms with Gasteiger partial charge in [0.15, 0.2) is 5.78 Å². The van der Waals surface area contributed by atoms with E-state index >= 15 is 0 Å². The Hall–Kier alpha value is -1.33. The average Bonchev–Trinajstić information content (AvgIpc) is 2.26. The summed E-state index contributed by atoms with van der Waals surface area (Å²) >= 11 is 0. The van der Waals surface area contributed by atoms with Crippen molar-refractivity contribution in [2.24, 2.45) is 0 Å². The molecule has 1 rings (SSSR count). The fourth-order valence-electron chi connectivity index (χ4n) is 1.32. The molecule has 0 radical (unpaired) electrons. The summed E-state index contributed by atoms with van der Waals surface area (Å²) in [7, 11) is -1.83. The molecule has 0 aromatic heterocycles. The van der Waals surface area contributed by atoms with Crippen LogP contribution in [0.3, 0.4) is 0 Å². The van der Waals surface area contributed by atoms with Gasteiger partial charge in [-0.25, -0.2) is 0 Å². The first kappa shape index (κ1) is 12.7. The van der Waals surface area contributed by atoms with Crippen LogP contribution in [-0.2, 0) is 0 Å². The zero-order valence-electron chi connectivity index (χ0n) is 9.22. The number of unbranched alkanes of at least 4 members (excludes halogenated alkanes) is 1. The van der Waals surface area contributed by atoms with E-state index < -0.39 is 7.32 Å². The van der Waals surface area contributed by atoms with Crippen LogP contribution < -0.4 is 4.65 Å². The van der Waals surface area contributed by atoms with Crippen LogP contribution in [0.4, 0.5) is 0 Å². The summed E-state index contributed by atoms with van der Waals surface area (Å²) in [5, 5.41) is 17.1. The Kier molecular flexibility index (Phi) is 5.02. The minimum Gasteiger partial charge on any atom is -0.512 e. The van der Waals surface area contributed by atoms with E-state index in [9.17, 15) is 4.79 Å². The molecule has 0 saturated heterocycles. The Morgan fingerprint density at radius 1 is 1.31 bits per heavy atom. The fourth-order valence-corrected chi connectivity index (χ4v) is 1.32.